The number of rotatable bonds is 7. The molecule has 3 atom stereocenters. The smallest absolute Gasteiger partial charge is 0.0808 e. The quantitative estimate of drug-likeness (QED) is 0.710. The molecule has 4 heteroatoms. The zero-order chi connectivity index (χ0) is 12.7. The lowest BCUT2D eigenvalue weighted by molar-refractivity contribution is -0.0662. The predicted molar refractivity (Wildman–Crippen MR) is 68.2 cm³/mol. The summed E-state index contributed by atoms with van der Waals surface area (Å²) in [4.78, 5) is 0. The zero-order valence-corrected chi connectivity index (χ0v) is 11.4. The first-order valence-corrected chi connectivity index (χ1v) is 6.62. The Morgan fingerprint density at radius 1 is 1.53 bits per heavy atom. The highest BCUT2D eigenvalue weighted by molar-refractivity contribution is 4.83. The van der Waals surface area contributed by atoms with E-state index < -0.39 is 0 Å². The Morgan fingerprint density at radius 2 is 2.29 bits per heavy atom. The van der Waals surface area contributed by atoms with Crippen molar-refractivity contribution in [3.63, 3.8) is 0 Å². The van der Waals surface area contributed by atoms with Gasteiger partial charge in [0, 0.05) is 12.1 Å². The van der Waals surface area contributed by atoms with Crippen LogP contribution in [0, 0.1) is 0 Å². The van der Waals surface area contributed by atoms with Crippen molar-refractivity contribution in [2.45, 2.75) is 57.3 Å². The lowest BCUT2D eigenvalue weighted by atomic mass is 9.96. The number of nitrogens with one attached hydrogen (secondary N) is 1. The summed E-state index contributed by atoms with van der Waals surface area (Å²) in [6.45, 7) is 5.72. The van der Waals surface area contributed by atoms with Crippen LogP contribution >= 0.6 is 0 Å². The molecule has 1 fully saturated rings. The van der Waals surface area contributed by atoms with Crippen LogP contribution in [0.5, 0.6) is 0 Å². The van der Waals surface area contributed by atoms with E-state index in [2.05, 4.69) is 5.32 Å². The van der Waals surface area contributed by atoms with Crippen LogP contribution in [0.25, 0.3) is 0 Å². The molecule has 0 bridgehead atoms. The van der Waals surface area contributed by atoms with E-state index in [1.807, 2.05) is 20.9 Å². The minimum absolute atomic E-state index is 0.122. The van der Waals surface area contributed by atoms with Gasteiger partial charge in [-0.05, 0) is 46.6 Å². The topological polar surface area (TPSA) is 50.7 Å². The van der Waals surface area contributed by atoms with E-state index in [0.29, 0.717) is 6.61 Å². The van der Waals surface area contributed by atoms with Crippen molar-refractivity contribution in [1.29, 1.82) is 0 Å². The fourth-order valence-corrected chi connectivity index (χ4v) is 2.15. The Morgan fingerprint density at radius 3 is 2.82 bits per heavy atom. The Balaban J connectivity index is 2.21. The van der Waals surface area contributed by atoms with Crippen LogP contribution in [0.1, 0.15) is 39.5 Å². The molecule has 0 radical (unpaired) electrons. The van der Waals surface area contributed by atoms with E-state index in [0.717, 1.165) is 19.4 Å². The first kappa shape index (κ1) is 14.9. The average molecular weight is 245 g/mol. The summed E-state index contributed by atoms with van der Waals surface area (Å²) in [6.07, 6.45) is 4.72. The summed E-state index contributed by atoms with van der Waals surface area (Å²) in [5.41, 5.74) is -0.257. The Hall–Kier alpha value is -0.160. The van der Waals surface area contributed by atoms with Crippen LogP contribution in [0.15, 0.2) is 0 Å². The van der Waals surface area contributed by atoms with E-state index in [-0.39, 0.29) is 24.4 Å². The molecule has 0 aromatic heterocycles. The standard InChI is InChI=1S/C13H27NO3/c1-11(8-13(2,10-15)14-3)17-9-12-6-4-5-7-16-12/h11-12,14-15H,4-10H2,1-3H3. The van der Waals surface area contributed by atoms with Crippen molar-refractivity contribution in [2.24, 2.45) is 0 Å². The Bertz CT molecular complexity index is 201. The predicted octanol–water partition coefficient (Wildman–Crippen LogP) is 1.32. The second-order valence-corrected chi connectivity index (χ2v) is 5.31. The molecule has 102 valence electrons. The van der Waals surface area contributed by atoms with Crippen molar-refractivity contribution in [1.82, 2.24) is 5.32 Å². The molecule has 2 N–H and O–H groups in total. The highest BCUT2D eigenvalue weighted by atomic mass is 16.5. The van der Waals surface area contributed by atoms with Gasteiger partial charge in [0.15, 0.2) is 0 Å². The van der Waals surface area contributed by atoms with Gasteiger partial charge in [-0.25, -0.2) is 0 Å². The van der Waals surface area contributed by atoms with Gasteiger partial charge in [-0.2, -0.15) is 0 Å². The van der Waals surface area contributed by atoms with Gasteiger partial charge in [-0.1, -0.05) is 0 Å². The average Bonchev–Trinajstić information content (AvgIpc) is 2.37. The third kappa shape index (κ3) is 5.34. The van der Waals surface area contributed by atoms with Gasteiger partial charge in [0.25, 0.3) is 0 Å². The zero-order valence-electron chi connectivity index (χ0n) is 11.4. The summed E-state index contributed by atoms with van der Waals surface area (Å²) in [6, 6.07) is 0. The van der Waals surface area contributed by atoms with Gasteiger partial charge < -0.3 is 19.9 Å². The number of aliphatic hydroxyl groups is 1. The molecule has 0 spiro atoms. The van der Waals surface area contributed by atoms with Crippen LogP contribution in [-0.2, 0) is 9.47 Å². The summed E-state index contributed by atoms with van der Waals surface area (Å²) in [7, 11) is 1.87. The second kappa shape index (κ2) is 7.31. The SMILES string of the molecule is CNC(C)(CO)CC(C)OCC1CCCCO1. The molecule has 17 heavy (non-hydrogen) atoms. The summed E-state index contributed by atoms with van der Waals surface area (Å²) < 4.78 is 11.4. The maximum Gasteiger partial charge on any atom is 0.0808 e. The van der Waals surface area contributed by atoms with E-state index >= 15 is 0 Å². The molecule has 1 rings (SSSR count). The Kier molecular flexibility index (Phi) is 6.41. The molecule has 1 aliphatic rings. The van der Waals surface area contributed by atoms with Crippen molar-refractivity contribution in [3.8, 4) is 0 Å². The maximum atomic E-state index is 9.31. The highest BCUT2D eigenvalue weighted by Gasteiger charge is 2.25. The molecule has 0 amide bonds. The lowest BCUT2D eigenvalue weighted by Crippen LogP contribution is -2.46. The summed E-state index contributed by atoms with van der Waals surface area (Å²) >= 11 is 0. The van der Waals surface area contributed by atoms with E-state index in [4.69, 9.17) is 9.47 Å². The fourth-order valence-electron chi connectivity index (χ4n) is 2.15. The van der Waals surface area contributed by atoms with Crippen molar-refractivity contribution >= 4 is 0 Å². The molecule has 0 aromatic carbocycles. The normalized spacial score (nSPS) is 26.5. The van der Waals surface area contributed by atoms with Crippen LogP contribution in [0.3, 0.4) is 0 Å². The minimum atomic E-state index is -0.257. The van der Waals surface area contributed by atoms with Gasteiger partial charge in [-0.3, -0.25) is 0 Å². The van der Waals surface area contributed by atoms with Crippen molar-refractivity contribution in [2.75, 3.05) is 26.9 Å². The van der Waals surface area contributed by atoms with Gasteiger partial charge >= 0.3 is 0 Å². The third-order valence-electron chi connectivity index (χ3n) is 3.53. The fraction of sp³-hybridized carbons (Fsp3) is 1.00. The largest absolute Gasteiger partial charge is 0.394 e. The molecule has 1 aliphatic heterocycles. The maximum absolute atomic E-state index is 9.31. The second-order valence-electron chi connectivity index (χ2n) is 5.31. The van der Waals surface area contributed by atoms with Crippen LogP contribution in [0.4, 0.5) is 0 Å². The Labute approximate surface area is 105 Å². The number of ether oxygens (including phenoxy) is 2. The number of likely N-dealkylation sites (N-methyl/N-ethyl adjacent to an activating group) is 1. The molecular formula is C13H27NO3. The third-order valence-corrected chi connectivity index (χ3v) is 3.53. The number of hydrogen-bond acceptors (Lipinski definition) is 4. The summed E-state index contributed by atoms with van der Waals surface area (Å²) in [5.74, 6) is 0. The van der Waals surface area contributed by atoms with Gasteiger partial charge in [0.1, 0.15) is 0 Å². The monoisotopic (exact) mass is 245 g/mol. The van der Waals surface area contributed by atoms with Crippen molar-refractivity contribution in [3.05, 3.63) is 0 Å². The number of hydrogen-bond donors (Lipinski definition) is 2. The van der Waals surface area contributed by atoms with E-state index in [9.17, 15) is 5.11 Å². The highest BCUT2D eigenvalue weighted by Crippen LogP contribution is 2.17. The molecule has 0 saturated carbocycles. The molecule has 4 nitrogen and oxygen atoms in total. The minimum Gasteiger partial charge on any atom is -0.394 e. The first-order valence-electron chi connectivity index (χ1n) is 6.62. The molecule has 0 aromatic rings. The van der Waals surface area contributed by atoms with Gasteiger partial charge in [0.2, 0.25) is 0 Å². The molecule has 0 aliphatic carbocycles. The first-order chi connectivity index (χ1) is 8.09. The number of aliphatic hydroxyl groups excluding tert-OH is 1. The molecule has 3 unspecified atom stereocenters. The van der Waals surface area contributed by atoms with Crippen LogP contribution in [-0.4, -0.2) is 49.7 Å². The summed E-state index contributed by atoms with van der Waals surface area (Å²) in [5, 5.41) is 12.4. The molecular weight excluding hydrogens is 218 g/mol. The van der Waals surface area contributed by atoms with Crippen LogP contribution < -0.4 is 5.32 Å². The molecule has 1 saturated heterocycles. The van der Waals surface area contributed by atoms with Crippen molar-refractivity contribution < 1.29 is 14.6 Å². The van der Waals surface area contributed by atoms with E-state index in [1.54, 1.807) is 0 Å². The van der Waals surface area contributed by atoms with Crippen LogP contribution in [0.2, 0.25) is 0 Å². The molecule has 1 heterocycles. The van der Waals surface area contributed by atoms with Gasteiger partial charge in [-0.15, -0.1) is 0 Å². The van der Waals surface area contributed by atoms with Gasteiger partial charge in [0.05, 0.1) is 25.4 Å². The lowest BCUT2D eigenvalue weighted by Gasteiger charge is -2.31. The van der Waals surface area contributed by atoms with E-state index in [1.165, 1.54) is 12.8 Å².